The van der Waals surface area contributed by atoms with Gasteiger partial charge in [0.15, 0.2) is 0 Å². The highest BCUT2D eigenvalue weighted by molar-refractivity contribution is 7.18. The molecule has 2 rings (SSSR count). The first-order chi connectivity index (χ1) is 9.78. The maximum atomic E-state index is 5.73. The van der Waals surface area contributed by atoms with Crippen LogP contribution in [-0.2, 0) is 11.2 Å². The molecule has 110 valence electrons. The van der Waals surface area contributed by atoms with E-state index in [4.69, 9.17) is 9.47 Å². The first-order valence-corrected chi connectivity index (χ1v) is 7.76. The fourth-order valence-electron chi connectivity index (χ4n) is 1.77. The van der Waals surface area contributed by atoms with E-state index < -0.39 is 0 Å². The second-order valence-corrected chi connectivity index (χ2v) is 5.52. The zero-order chi connectivity index (χ0) is 14.4. The second-order valence-electron chi connectivity index (χ2n) is 4.41. The Labute approximate surface area is 123 Å². The number of methoxy groups -OCH3 is 1. The van der Waals surface area contributed by atoms with Crippen molar-refractivity contribution in [3.05, 3.63) is 10.9 Å². The van der Waals surface area contributed by atoms with Gasteiger partial charge in [0.1, 0.15) is 11.4 Å². The van der Waals surface area contributed by atoms with Crippen LogP contribution in [0.5, 0.6) is 5.88 Å². The van der Waals surface area contributed by atoms with Crippen LogP contribution in [0.25, 0.3) is 10.2 Å². The van der Waals surface area contributed by atoms with Gasteiger partial charge in [-0.05, 0) is 18.9 Å². The van der Waals surface area contributed by atoms with Gasteiger partial charge in [0.05, 0.1) is 12.0 Å². The molecule has 2 aromatic heterocycles. The molecule has 0 spiro atoms. The van der Waals surface area contributed by atoms with Crippen molar-refractivity contribution in [2.45, 2.75) is 26.7 Å². The quantitative estimate of drug-likeness (QED) is 0.758. The third-order valence-electron chi connectivity index (χ3n) is 2.82. The van der Waals surface area contributed by atoms with E-state index >= 15 is 0 Å². The molecule has 0 saturated carbocycles. The topological polar surface area (TPSA) is 56.3 Å². The van der Waals surface area contributed by atoms with Gasteiger partial charge in [-0.15, -0.1) is 11.3 Å². The Morgan fingerprint density at radius 2 is 2.10 bits per heavy atom. The SMILES string of the molecule is CCCNc1nc(OCCOC)c2cc(CC)sc2n1. The van der Waals surface area contributed by atoms with Crippen LogP contribution in [0.15, 0.2) is 6.07 Å². The molecule has 5 nitrogen and oxygen atoms in total. The van der Waals surface area contributed by atoms with Gasteiger partial charge in [0.2, 0.25) is 11.8 Å². The van der Waals surface area contributed by atoms with Gasteiger partial charge < -0.3 is 14.8 Å². The molecule has 0 fully saturated rings. The average molecular weight is 295 g/mol. The van der Waals surface area contributed by atoms with Gasteiger partial charge in [-0.1, -0.05) is 13.8 Å². The van der Waals surface area contributed by atoms with Crippen molar-refractivity contribution in [3.8, 4) is 5.88 Å². The maximum absolute atomic E-state index is 5.73. The number of nitrogens with one attached hydrogen (secondary N) is 1. The zero-order valence-corrected chi connectivity index (χ0v) is 13.0. The van der Waals surface area contributed by atoms with Crippen molar-refractivity contribution >= 4 is 27.5 Å². The highest BCUT2D eigenvalue weighted by Crippen LogP contribution is 2.31. The number of hydrogen-bond acceptors (Lipinski definition) is 6. The van der Waals surface area contributed by atoms with E-state index in [1.54, 1.807) is 18.4 Å². The van der Waals surface area contributed by atoms with E-state index in [1.807, 2.05) is 0 Å². The van der Waals surface area contributed by atoms with Crippen LogP contribution in [0.1, 0.15) is 25.1 Å². The summed E-state index contributed by atoms with van der Waals surface area (Å²) in [6, 6.07) is 2.12. The minimum Gasteiger partial charge on any atom is -0.475 e. The molecule has 0 aliphatic heterocycles. The summed E-state index contributed by atoms with van der Waals surface area (Å²) in [5.74, 6) is 1.28. The Balaban J connectivity index is 2.30. The Bertz CT molecular complexity index is 557. The zero-order valence-electron chi connectivity index (χ0n) is 12.2. The van der Waals surface area contributed by atoms with Crippen LogP contribution >= 0.6 is 11.3 Å². The Morgan fingerprint density at radius 1 is 1.25 bits per heavy atom. The van der Waals surface area contributed by atoms with Crippen LogP contribution in [0, 0.1) is 0 Å². The van der Waals surface area contributed by atoms with Crippen molar-refractivity contribution in [2.24, 2.45) is 0 Å². The monoisotopic (exact) mass is 295 g/mol. The summed E-state index contributed by atoms with van der Waals surface area (Å²) in [6.45, 7) is 6.15. The van der Waals surface area contributed by atoms with E-state index in [9.17, 15) is 0 Å². The minimum absolute atomic E-state index is 0.493. The van der Waals surface area contributed by atoms with E-state index in [2.05, 4.69) is 35.2 Å². The number of aryl methyl sites for hydroxylation is 1. The highest BCUT2D eigenvalue weighted by atomic mass is 32.1. The van der Waals surface area contributed by atoms with Crippen LogP contribution in [-0.4, -0.2) is 36.8 Å². The first-order valence-electron chi connectivity index (χ1n) is 6.94. The fraction of sp³-hybridized carbons (Fsp3) is 0.571. The summed E-state index contributed by atoms with van der Waals surface area (Å²) in [4.78, 5) is 11.3. The van der Waals surface area contributed by atoms with Gasteiger partial charge in [0.25, 0.3) is 0 Å². The molecule has 0 aliphatic carbocycles. The van der Waals surface area contributed by atoms with Gasteiger partial charge >= 0.3 is 0 Å². The van der Waals surface area contributed by atoms with Gasteiger partial charge in [-0.25, -0.2) is 4.98 Å². The van der Waals surface area contributed by atoms with Gasteiger partial charge in [-0.3, -0.25) is 0 Å². The molecule has 20 heavy (non-hydrogen) atoms. The van der Waals surface area contributed by atoms with Crippen molar-refractivity contribution < 1.29 is 9.47 Å². The maximum Gasteiger partial charge on any atom is 0.227 e. The minimum atomic E-state index is 0.493. The van der Waals surface area contributed by atoms with Crippen LogP contribution < -0.4 is 10.1 Å². The number of anilines is 1. The molecule has 1 N–H and O–H groups in total. The largest absolute Gasteiger partial charge is 0.475 e. The number of ether oxygens (including phenoxy) is 2. The van der Waals surface area contributed by atoms with E-state index in [0.717, 1.165) is 29.6 Å². The van der Waals surface area contributed by atoms with E-state index in [1.165, 1.54) is 4.88 Å². The predicted octanol–water partition coefficient (Wildman–Crippen LogP) is 3.10. The second kappa shape index (κ2) is 7.40. The number of aromatic nitrogens is 2. The lowest BCUT2D eigenvalue weighted by Gasteiger charge is -2.08. The van der Waals surface area contributed by atoms with E-state index in [-0.39, 0.29) is 0 Å². The lowest BCUT2D eigenvalue weighted by Crippen LogP contribution is -2.08. The molecule has 0 aliphatic rings. The van der Waals surface area contributed by atoms with Crippen LogP contribution in [0.3, 0.4) is 0 Å². The lowest BCUT2D eigenvalue weighted by molar-refractivity contribution is 0.144. The van der Waals surface area contributed by atoms with Gasteiger partial charge in [0, 0.05) is 18.5 Å². The molecule has 0 atom stereocenters. The normalized spacial score (nSPS) is 10.9. The molecule has 2 aromatic rings. The summed E-state index contributed by atoms with van der Waals surface area (Å²) >= 11 is 1.70. The lowest BCUT2D eigenvalue weighted by atomic mass is 10.3. The predicted molar refractivity (Wildman–Crippen MR) is 82.9 cm³/mol. The Morgan fingerprint density at radius 3 is 2.80 bits per heavy atom. The Hall–Kier alpha value is -1.40. The van der Waals surface area contributed by atoms with Crippen molar-refractivity contribution in [2.75, 3.05) is 32.2 Å². The van der Waals surface area contributed by atoms with Crippen molar-refractivity contribution in [3.63, 3.8) is 0 Å². The summed E-state index contributed by atoms with van der Waals surface area (Å²) in [5.41, 5.74) is 0. The highest BCUT2D eigenvalue weighted by Gasteiger charge is 2.12. The fourth-order valence-corrected chi connectivity index (χ4v) is 2.72. The summed E-state index contributed by atoms with van der Waals surface area (Å²) < 4.78 is 10.7. The number of hydrogen-bond donors (Lipinski definition) is 1. The summed E-state index contributed by atoms with van der Waals surface area (Å²) in [5, 5.41) is 4.21. The summed E-state index contributed by atoms with van der Waals surface area (Å²) in [6.07, 6.45) is 2.03. The molecular formula is C14H21N3O2S. The first kappa shape index (κ1) is 15.0. The molecule has 0 bridgehead atoms. The number of nitrogens with zero attached hydrogens (tertiary/aromatic N) is 2. The average Bonchev–Trinajstić information content (AvgIpc) is 2.88. The van der Waals surface area contributed by atoms with Crippen molar-refractivity contribution in [1.29, 1.82) is 0 Å². The molecule has 6 heteroatoms. The third kappa shape index (κ3) is 3.58. The van der Waals surface area contributed by atoms with Crippen LogP contribution in [0.2, 0.25) is 0 Å². The van der Waals surface area contributed by atoms with E-state index in [0.29, 0.717) is 25.0 Å². The summed E-state index contributed by atoms with van der Waals surface area (Å²) in [7, 11) is 1.66. The molecule has 0 saturated heterocycles. The molecule has 0 aromatic carbocycles. The molecule has 0 unspecified atom stereocenters. The third-order valence-corrected chi connectivity index (χ3v) is 3.99. The molecule has 0 radical (unpaired) electrons. The number of fused-ring (bicyclic) bond motifs is 1. The smallest absolute Gasteiger partial charge is 0.227 e. The molecule has 0 amide bonds. The number of thiophene rings is 1. The van der Waals surface area contributed by atoms with Crippen LogP contribution in [0.4, 0.5) is 5.95 Å². The molecular weight excluding hydrogens is 274 g/mol. The van der Waals surface area contributed by atoms with Gasteiger partial charge in [-0.2, -0.15) is 4.98 Å². The Kier molecular flexibility index (Phi) is 5.55. The standard InChI is InChI=1S/C14H21N3O2S/c1-4-6-15-14-16-12(19-8-7-18-3)11-9-10(5-2)20-13(11)17-14/h9H,4-8H2,1-3H3,(H,15,16,17). The van der Waals surface area contributed by atoms with Crippen molar-refractivity contribution in [1.82, 2.24) is 9.97 Å². The molecule has 2 heterocycles. The number of rotatable bonds is 8.